The van der Waals surface area contributed by atoms with E-state index in [1.54, 1.807) is 0 Å². The Morgan fingerprint density at radius 2 is 2.04 bits per heavy atom. The van der Waals surface area contributed by atoms with E-state index in [1.165, 1.54) is 5.56 Å². The number of nitrogens with one attached hydrogen (secondary N) is 1. The zero-order valence-electron chi connectivity index (χ0n) is 13.7. The summed E-state index contributed by atoms with van der Waals surface area (Å²) < 4.78 is 16.1. The number of fused-ring (bicyclic) bond motifs is 1. The van der Waals surface area contributed by atoms with Crippen molar-refractivity contribution in [2.45, 2.75) is 19.8 Å². The van der Waals surface area contributed by atoms with Gasteiger partial charge in [0, 0.05) is 6.54 Å². The van der Waals surface area contributed by atoms with E-state index in [0.29, 0.717) is 12.3 Å². The van der Waals surface area contributed by atoms with E-state index < -0.39 is 0 Å². The number of hydrogen-bond donors (Lipinski definition) is 1. The van der Waals surface area contributed by atoms with Crippen LogP contribution in [-0.4, -0.2) is 25.9 Å². The van der Waals surface area contributed by atoms with E-state index in [4.69, 9.17) is 14.2 Å². The molecule has 0 fully saturated rings. The van der Waals surface area contributed by atoms with Crippen LogP contribution in [0.4, 0.5) is 0 Å². The minimum Gasteiger partial charge on any atom is -0.484 e. The SMILES string of the molecule is Cc1cccc(OCC(=O)NCCCc2ccc3c(c2)OCO3)c1. The summed E-state index contributed by atoms with van der Waals surface area (Å²) in [6.45, 7) is 2.93. The van der Waals surface area contributed by atoms with Crippen LogP contribution in [0.25, 0.3) is 0 Å². The molecule has 1 amide bonds. The molecule has 0 radical (unpaired) electrons. The summed E-state index contributed by atoms with van der Waals surface area (Å²) >= 11 is 0. The molecule has 0 bridgehead atoms. The van der Waals surface area contributed by atoms with Crippen LogP contribution >= 0.6 is 0 Å². The fourth-order valence-electron chi connectivity index (χ4n) is 2.52. The quantitative estimate of drug-likeness (QED) is 0.795. The zero-order valence-corrected chi connectivity index (χ0v) is 13.7. The molecule has 1 aliphatic rings. The first-order valence-electron chi connectivity index (χ1n) is 8.05. The lowest BCUT2D eigenvalue weighted by molar-refractivity contribution is -0.123. The fourth-order valence-corrected chi connectivity index (χ4v) is 2.52. The maximum absolute atomic E-state index is 11.8. The Morgan fingerprint density at radius 3 is 2.92 bits per heavy atom. The van der Waals surface area contributed by atoms with Crippen molar-refractivity contribution in [1.29, 1.82) is 0 Å². The molecule has 24 heavy (non-hydrogen) atoms. The van der Waals surface area contributed by atoms with E-state index in [0.717, 1.165) is 29.9 Å². The average molecular weight is 327 g/mol. The summed E-state index contributed by atoms with van der Waals surface area (Å²) in [5, 5.41) is 2.87. The molecule has 3 rings (SSSR count). The summed E-state index contributed by atoms with van der Waals surface area (Å²) in [4.78, 5) is 11.8. The number of carbonyl (C=O) groups excluding carboxylic acids is 1. The summed E-state index contributed by atoms with van der Waals surface area (Å²) in [6, 6.07) is 13.6. The molecule has 0 saturated heterocycles. The molecule has 0 saturated carbocycles. The van der Waals surface area contributed by atoms with Crippen molar-refractivity contribution in [1.82, 2.24) is 5.32 Å². The minimum atomic E-state index is -0.109. The average Bonchev–Trinajstić information content (AvgIpc) is 3.05. The molecule has 0 atom stereocenters. The highest BCUT2D eigenvalue weighted by atomic mass is 16.7. The second kappa shape index (κ2) is 7.73. The maximum Gasteiger partial charge on any atom is 0.257 e. The van der Waals surface area contributed by atoms with Gasteiger partial charge in [0.25, 0.3) is 5.91 Å². The van der Waals surface area contributed by atoms with Crippen LogP contribution in [0.1, 0.15) is 17.5 Å². The van der Waals surface area contributed by atoms with Crippen LogP contribution in [0.3, 0.4) is 0 Å². The summed E-state index contributed by atoms with van der Waals surface area (Å²) in [7, 11) is 0. The van der Waals surface area contributed by atoms with Crippen molar-refractivity contribution in [3.8, 4) is 17.2 Å². The first-order chi connectivity index (χ1) is 11.7. The molecular weight excluding hydrogens is 306 g/mol. The molecule has 1 heterocycles. The third kappa shape index (κ3) is 4.41. The van der Waals surface area contributed by atoms with Gasteiger partial charge in [-0.1, -0.05) is 18.2 Å². The van der Waals surface area contributed by atoms with Gasteiger partial charge >= 0.3 is 0 Å². The Hall–Kier alpha value is -2.69. The van der Waals surface area contributed by atoms with Crippen LogP contribution in [0.5, 0.6) is 17.2 Å². The number of rotatable bonds is 7. The second-order valence-corrected chi connectivity index (χ2v) is 5.75. The molecule has 1 N–H and O–H groups in total. The molecule has 0 aliphatic carbocycles. The standard InChI is InChI=1S/C19H21NO4/c1-14-4-2-6-16(10-14)22-12-19(21)20-9-3-5-15-7-8-17-18(11-15)24-13-23-17/h2,4,6-8,10-11H,3,5,9,12-13H2,1H3,(H,20,21). The Kier molecular flexibility index (Phi) is 5.21. The van der Waals surface area contributed by atoms with Crippen molar-refractivity contribution >= 4 is 5.91 Å². The lowest BCUT2D eigenvalue weighted by atomic mass is 10.1. The first-order valence-corrected chi connectivity index (χ1v) is 8.05. The van der Waals surface area contributed by atoms with Crippen LogP contribution in [-0.2, 0) is 11.2 Å². The largest absolute Gasteiger partial charge is 0.484 e. The van der Waals surface area contributed by atoms with Gasteiger partial charge in [-0.2, -0.15) is 0 Å². The molecule has 5 heteroatoms. The Balaban J connectivity index is 1.35. The van der Waals surface area contributed by atoms with E-state index >= 15 is 0 Å². The summed E-state index contributed by atoms with van der Waals surface area (Å²) in [6.07, 6.45) is 1.73. The zero-order chi connectivity index (χ0) is 16.8. The Bertz CT molecular complexity index is 714. The van der Waals surface area contributed by atoms with Crippen molar-refractivity contribution in [3.05, 3.63) is 53.6 Å². The van der Waals surface area contributed by atoms with Gasteiger partial charge in [-0.3, -0.25) is 4.79 Å². The topological polar surface area (TPSA) is 56.8 Å². The number of carbonyl (C=O) groups is 1. The van der Waals surface area contributed by atoms with E-state index in [1.807, 2.05) is 49.4 Å². The van der Waals surface area contributed by atoms with E-state index in [9.17, 15) is 4.79 Å². The highest BCUT2D eigenvalue weighted by molar-refractivity contribution is 5.77. The number of amides is 1. The van der Waals surface area contributed by atoms with Crippen molar-refractivity contribution in [2.24, 2.45) is 0 Å². The van der Waals surface area contributed by atoms with Crippen molar-refractivity contribution in [3.63, 3.8) is 0 Å². The number of ether oxygens (including phenoxy) is 3. The molecule has 0 unspecified atom stereocenters. The van der Waals surface area contributed by atoms with Gasteiger partial charge in [0.1, 0.15) is 5.75 Å². The highest BCUT2D eigenvalue weighted by Gasteiger charge is 2.12. The van der Waals surface area contributed by atoms with Crippen LogP contribution in [0, 0.1) is 6.92 Å². The highest BCUT2D eigenvalue weighted by Crippen LogP contribution is 2.32. The molecule has 126 valence electrons. The molecule has 0 aromatic heterocycles. The smallest absolute Gasteiger partial charge is 0.257 e. The Morgan fingerprint density at radius 1 is 1.17 bits per heavy atom. The number of hydrogen-bond acceptors (Lipinski definition) is 4. The Labute approximate surface area is 141 Å². The molecule has 0 spiro atoms. The number of benzene rings is 2. The van der Waals surface area contributed by atoms with Crippen molar-refractivity contribution < 1.29 is 19.0 Å². The second-order valence-electron chi connectivity index (χ2n) is 5.75. The van der Waals surface area contributed by atoms with Gasteiger partial charge in [0.15, 0.2) is 18.1 Å². The van der Waals surface area contributed by atoms with Crippen LogP contribution in [0.2, 0.25) is 0 Å². The maximum atomic E-state index is 11.8. The predicted molar refractivity (Wildman–Crippen MR) is 90.6 cm³/mol. The normalized spacial score (nSPS) is 12.0. The molecule has 1 aliphatic heterocycles. The molecular formula is C19H21NO4. The van der Waals surface area contributed by atoms with Gasteiger partial charge in [0.2, 0.25) is 6.79 Å². The predicted octanol–water partition coefficient (Wildman–Crippen LogP) is 2.85. The monoisotopic (exact) mass is 327 g/mol. The lowest BCUT2D eigenvalue weighted by Gasteiger charge is -2.08. The first kappa shape index (κ1) is 16.2. The van der Waals surface area contributed by atoms with E-state index in [-0.39, 0.29) is 19.3 Å². The fraction of sp³-hybridized carbons (Fsp3) is 0.316. The third-order valence-corrected chi connectivity index (χ3v) is 3.76. The summed E-state index contributed by atoms with van der Waals surface area (Å²) in [5.74, 6) is 2.19. The molecule has 5 nitrogen and oxygen atoms in total. The minimum absolute atomic E-state index is 0.0352. The molecule has 2 aromatic rings. The van der Waals surface area contributed by atoms with Crippen LogP contribution < -0.4 is 19.5 Å². The van der Waals surface area contributed by atoms with Gasteiger partial charge in [0.05, 0.1) is 0 Å². The molecule has 2 aromatic carbocycles. The van der Waals surface area contributed by atoms with Crippen molar-refractivity contribution in [2.75, 3.05) is 19.9 Å². The van der Waals surface area contributed by atoms with Crippen LogP contribution in [0.15, 0.2) is 42.5 Å². The van der Waals surface area contributed by atoms with E-state index in [2.05, 4.69) is 5.32 Å². The summed E-state index contributed by atoms with van der Waals surface area (Å²) in [5.41, 5.74) is 2.28. The third-order valence-electron chi connectivity index (χ3n) is 3.76. The van der Waals surface area contributed by atoms with Gasteiger partial charge in [-0.05, 0) is 55.2 Å². The lowest BCUT2D eigenvalue weighted by Crippen LogP contribution is -2.29. The van der Waals surface area contributed by atoms with Gasteiger partial charge in [-0.25, -0.2) is 0 Å². The van der Waals surface area contributed by atoms with Gasteiger partial charge in [-0.15, -0.1) is 0 Å². The number of aryl methyl sites for hydroxylation is 2. The van der Waals surface area contributed by atoms with Gasteiger partial charge < -0.3 is 19.5 Å².